The summed E-state index contributed by atoms with van der Waals surface area (Å²) in [7, 11) is -1.42. The van der Waals surface area contributed by atoms with Gasteiger partial charge in [0.1, 0.15) is 25.2 Å². The predicted octanol–water partition coefficient (Wildman–Crippen LogP) is 3.71. The summed E-state index contributed by atoms with van der Waals surface area (Å²) in [6.07, 6.45) is 3.58. The average molecular weight is 346 g/mol. The van der Waals surface area contributed by atoms with Crippen LogP contribution in [0, 0.1) is 17.4 Å². The Labute approximate surface area is 145 Å². The molecule has 0 bridgehead atoms. The first-order valence-electron chi connectivity index (χ1n) is 8.63. The lowest BCUT2D eigenvalue weighted by atomic mass is 10.1. The van der Waals surface area contributed by atoms with E-state index in [2.05, 4.69) is 41.1 Å². The number of carbonyl (C=O) groups excluding carboxylic acids is 1. The van der Waals surface area contributed by atoms with E-state index in [0.717, 1.165) is 24.4 Å². The van der Waals surface area contributed by atoms with Gasteiger partial charge < -0.3 is 9.72 Å². The number of fused-ring (bicyclic) bond motifs is 1. The molecular weight excluding hydrogens is 318 g/mol. The highest BCUT2D eigenvalue weighted by molar-refractivity contribution is 6.83. The number of rotatable bonds is 1. The normalized spacial score (nSPS) is 25.8. The molecule has 130 valence electrons. The lowest BCUT2D eigenvalue weighted by molar-refractivity contribution is 0.0175. The Hall–Kier alpha value is -1.74. The largest absolute Gasteiger partial charge is 0.444 e. The van der Waals surface area contributed by atoms with E-state index in [-0.39, 0.29) is 12.1 Å². The van der Waals surface area contributed by atoms with Gasteiger partial charge in [-0.1, -0.05) is 25.6 Å². The lowest BCUT2D eigenvalue weighted by Crippen LogP contribution is -2.38. The number of hydrogen-bond acceptors (Lipinski definition) is 3. The van der Waals surface area contributed by atoms with Crippen LogP contribution in [0.4, 0.5) is 4.79 Å². The highest BCUT2D eigenvalue weighted by atomic mass is 28.3. The van der Waals surface area contributed by atoms with Crippen LogP contribution < -0.4 is 0 Å². The van der Waals surface area contributed by atoms with Crippen LogP contribution in [0.25, 0.3) is 0 Å². The number of ether oxygens (including phenoxy) is 1. The van der Waals surface area contributed by atoms with Crippen LogP contribution in [-0.2, 0) is 4.74 Å². The predicted molar refractivity (Wildman–Crippen MR) is 96.1 cm³/mol. The number of nitrogens with one attached hydrogen (secondary N) is 1. The number of likely N-dealkylation sites (tertiary alicyclic amines) is 1. The molecule has 3 atom stereocenters. The Kier molecular flexibility index (Phi) is 4.03. The molecule has 1 saturated carbocycles. The maximum atomic E-state index is 12.6. The van der Waals surface area contributed by atoms with Crippen LogP contribution in [-0.4, -0.2) is 40.7 Å². The van der Waals surface area contributed by atoms with Gasteiger partial charge in [0.15, 0.2) is 0 Å². The second-order valence-corrected chi connectivity index (χ2v) is 13.6. The highest BCUT2D eigenvalue weighted by Gasteiger charge is 2.56. The number of aromatic nitrogens is 2. The topological polar surface area (TPSA) is 58.2 Å². The fraction of sp³-hybridized carbons (Fsp3) is 0.667. The quantitative estimate of drug-likeness (QED) is 0.623. The van der Waals surface area contributed by atoms with Gasteiger partial charge in [0.25, 0.3) is 0 Å². The van der Waals surface area contributed by atoms with Crippen molar-refractivity contribution in [1.82, 2.24) is 14.9 Å². The van der Waals surface area contributed by atoms with Gasteiger partial charge in [0, 0.05) is 6.04 Å². The zero-order valence-electron chi connectivity index (χ0n) is 15.4. The molecule has 1 aliphatic carbocycles. The third kappa shape index (κ3) is 3.84. The molecule has 0 aromatic carbocycles. The first-order valence-corrected chi connectivity index (χ1v) is 12.1. The Bertz CT molecular complexity index is 702. The zero-order valence-corrected chi connectivity index (χ0v) is 16.4. The van der Waals surface area contributed by atoms with E-state index in [1.54, 1.807) is 6.20 Å². The second-order valence-electron chi connectivity index (χ2n) is 8.88. The molecule has 1 saturated heterocycles. The maximum absolute atomic E-state index is 12.6. The van der Waals surface area contributed by atoms with Crippen LogP contribution in [0.1, 0.15) is 51.2 Å². The van der Waals surface area contributed by atoms with Crippen molar-refractivity contribution >= 4 is 14.2 Å². The summed E-state index contributed by atoms with van der Waals surface area (Å²) < 4.78 is 5.59. The van der Waals surface area contributed by atoms with E-state index in [9.17, 15) is 4.79 Å². The summed E-state index contributed by atoms with van der Waals surface area (Å²) in [5.74, 6) is 4.61. The van der Waals surface area contributed by atoms with E-state index in [0.29, 0.717) is 12.0 Å². The lowest BCUT2D eigenvalue weighted by Gasteiger charge is -2.29. The summed E-state index contributed by atoms with van der Waals surface area (Å²) in [5.41, 5.74) is 3.69. The molecule has 1 aliphatic heterocycles. The minimum absolute atomic E-state index is 0.0222. The highest BCUT2D eigenvalue weighted by Crippen LogP contribution is 2.53. The van der Waals surface area contributed by atoms with Crippen molar-refractivity contribution in [3.63, 3.8) is 0 Å². The van der Waals surface area contributed by atoms with E-state index in [4.69, 9.17) is 4.74 Å². The smallest absolute Gasteiger partial charge is 0.411 e. The van der Waals surface area contributed by atoms with Crippen LogP contribution in [0.3, 0.4) is 0 Å². The number of carbonyl (C=O) groups is 1. The molecule has 3 rings (SSSR count). The van der Waals surface area contributed by atoms with Gasteiger partial charge >= 0.3 is 6.09 Å². The molecule has 0 radical (unpaired) electrons. The summed E-state index contributed by atoms with van der Waals surface area (Å²) in [6.45, 7) is 12.3. The molecule has 1 aromatic rings. The molecule has 1 amide bonds. The number of aromatic amines is 1. The van der Waals surface area contributed by atoms with Crippen LogP contribution >= 0.6 is 0 Å². The number of hydrogen-bond donors (Lipinski definition) is 1. The number of nitrogens with zero attached hydrogens (tertiary/aromatic N) is 2. The average Bonchev–Trinajstić information content (AvgIpc) is 2.88. The van der Waals surface area contributed by atoms with Crippen molar-refractivity contribution in [2.45, 2.75) is 70.9 Å². The molecule has 24 heavy (non-hydrogen) atoms. The molecule has 0 spiro atoms. The first-order chi connectivity index (χ1) is 11.0. The third-order valence-electron chi connectivity index (χ3n) is 4.19. The molecule has 2 heterocycles. The Morgan fingerprint density at radius 3 is 2.71 bits per heavy atom. The SMILES string of the molecule is CC(C)(C)OC(=O)N1C2C[C@@H]2C[C@H]1c1ncc(C#C[Si](C)(C)C)[nH]1. The number of amides is 1. The molecule has 1 N–H and O–H groups in total. The van der Waals surface area contributed by atoms with Crippen LogP contribution in [0.5, 0.6) is 0 Å². The molecule has 2 aliphatic rings. The van der Waals surface area contributed by atoms with Crippen molar-refractivity contribution in [2.75, 3.05) is 0 Å². The Morgan fingerprint density at radius 1 is 1.38 bits per heavy atom. The molecule has 1 aromatic heterocycles. The van der Waals surface area contributed by atoms with E-state index in [1.807, 2.05) is 25.7 Å². The minimum atomic E-state index is -1.42. The standard InChI is InChI=1S/C18H27N3O2Si/c1-18(2,3)23-17(22)21-14-9-12(14)10-15(21)16-19-11-13(20-16)7-8-24(4,5)6/h11-12,14-15H,9-10H2,1-6H3,(H,19,20)/t12-,14?,15+/m1/s1. The minimum Gasteiger partial charge on any atom is -0.444 e. The number of H-pyrrole nitrogens is 1. The van der Waals surface area contributed by atoms with Gasteiger partial charge in [0.05, 0.1) is 12.2 Å². The molecule has 1 unspecified atom stereocenters. The molecule has 6 heteroatoms. The summed E-state index contributed by atoms with van der Waals surface area (Å²) in [4.78, 5) is 22.3. The van der Waals surface area contributed by atoms with Gasteiger partial charge in [-0.2, -0.15) is 0 Å². The second kappa shape index (κ2) is 5.66. The van der Waals surface area contributed by atoms with Gasteiger partial charge in [0.2, 0.25) is 0 Å². The van der Waals surface area contributed by atoms with E-state index >= 15 is 0 Å². The van der Waals surface area contributed by atoms with Gasteiger partial charge in [-0.3, -0.25) is 4.90 Å². The fourth-order valence-electron chi connectivity index (χ4n) is 3.10. The Morgan fingerprint density at radius 2 is 2.08 bits per heavy atom. The number of imidazole rings is 1. The van der Waals surface area contributed by atoms with E-state index in [1.165, 1.54) is 0 Å². The van der Waals surface area contributed by atoms with Crippen molar-refractivity contribution in [2.24, 2.45) is 5.92 Å². The van der Waals surface area contributed by atoms with Crippen LogP contribution in [0.2, 0.25) is 19.6 Å². The summed E-state index contributed by atoms with van der Waals surface area (Å²) in [6, 6.07) is 0.289. The first kappa shape index (κ1) is 17.1. The van der Waals surface area contributed by atoms with Gasteiger partial charge in [-0.25, -0.2) is 9.78 Å². The van der Waals surface area contributed by atoms with Crippen molar-refractivity contribution in [1.29, 1.82) is 0 Å². The monoisotopic (exact) mass is 345 g/mol. The van der Waals surface area contributed by atoms with Gasteiger partial charge in [-0.05, 0) is 39.5 Å². The fourth-order valence-corrected chi connectivity index (χ4v) is 3.61. The van der Waals surface area contributed by atoms with Gasteiger partial charge in [-0.15, -0.1) is 5.54 Å². The van der Waals surface area contributed by atoms with Crippen molar-refractivity contribution in [3.8, 4) is 11.5 Å². The number of piperidine rings is 1. The van der Waals surface area contributed by atoms with Crippen molar-refractivity contribution in [3.05, 3.63) is 17.7 Å². The molecular formula is C18H27N3O2Si. The van der Waals surface area contributed by atoms with E-state index < -0.39 is 13.7 Å². The third-order valence-corrected chi connectivity index (χ3v) is 5.07. The van der Waals surface area contributed by atoms with Crippen molar-refractivity contribution < 1.29 is 9.53 Å². The molecule has 2 fully saturated rings. The summed E-state index contributed by atoms with van der Waals surface area (Å²) in [5, 5.41) is 0. The maximum Gasteiger partial charge on any atom is 0.411 e. The Balaban J connectivity index is 1.77. The van der Waals surface area contributed by atoms with Crippen LogP contribution in [0.15, 0.2) is 6.20 Å². The molecule has 5 nitrogen and oxygen atoms in total. The zero-order chi connectivity index (χ0) is 17.7. The summed E-state index contributed by atoms with van der Waals surface area (Å²) >= 11 is 0.